The Morgan fingerprint density at radius 1 is 1.11 bits per heavy atom. The number of fused-ring (bicyclic) bond motifs is 1. The van der Waals surface area contributed by atoms with Crippen molar-refractivity contribution in [2.24, 2.45) is 7.05 Å². The van der Waals surface area contributed by atoms with Gasteiger partial charge in [-0.3, -0.25) is 9.59 Å². The van der Waals surface area contributed by atoms with Gasteiger partial charge < -0.3 is 14.2 Å². The van der Waals surface area contributed by atoms with Crippen molar-refractivity contribution in [3.8, 4) is 0 Å². The van der Waals surface area contributed by atoms with E-state index < -0.39 is 11.7 Å². The number of carbonyl (C=O) groups excluding carboxylic acids is 2. The molecular weight excluding hydrogens is 528 g/mol. The second-order valence-corrected chi connectivity index (χ2v) is 10.3. The van der Waals surface area contributed by atoms with Gasteiger partial charge in [-0.15, -0.1) is 0 Å². The van der Waals surface area contributed by atoms with E-state index in [0.717, 1.165) is 12.1 Å². The van der Waals surface area contributed by atoms with Crippen LogP contribution in [0.3, 0.4) is 0 Å². The Bertz CT molecular complexity index is 1360. The Morgan fingerprint density at radius 3 is 2.41 bits per heavy atom. The van der Waals surface area contributed by atoms with Crippen LogP contribution in [0.5, 0.6) is 0 Å². The summed E-state index contributed by atoms with van der Waals surface area (Å²) in [5.41, 5.74) is 1.84. The molecule has 37 heavy (non-hydrogen) atoms. The number of aromatic nitrogens is 1. The number of likely N-dealkylation sites (tertiary alicyclic amines) is 1. The van der Waals surface area contributed by atoms with Crippen LogP contribution in [0, 0.1) is 6.92 Å². The fourth-order valence-corrected chi connectivity index (χ4v) is 5.32. The lowest BCUT2D eigenvalue weighted by molar-refractivity contribution is -0.137. The highest BCUT2D eigenvalue weighted by Crippen LogP contribution is 2.36. The number of piperidine rings is 1. The maximum absolute atomic E-state index is 13.4. The van der Waals surface area contributed by atoms with Gasteiger partial charge in [-0.2, -0.15) is 13.2 Å². The minimum atomic E-state index is -4.45. The molecule has 0 saturated carbocycles. The monoisotopic (exact) mass is 554 g/mol. The van der Waals surface area contributed by atoms with Gasteiger partial charge in [0.25, 0.3) is 5.91 Å². The lowest BCUT2D eigenvalue weighted by Crippen LogP contribution is -2.41. The zero-order valence-corrected chi connectivity index (χ0v) is 22.2. The topological polar surface area (TPSA) is 51.5 Å². The molecule has 0 bridgehead atoms. The van der Waals surface area contributed by atoms with Gasteiger partial charge in [0, 0.05) is 48.2 Å². The van der Waals surface area contributed by atoms with E-state index in [-0.39, 0.29) is 35.8 Å². The van der Waals surface area contributed by atoms with Crippen LogP contribution in [0.1, 0.15) is 52.5 Å². The Hall–Kier alpha value is -2.55. The van der Waals surface area contributed by atoms with E-state index in [1.165, 1.54) is 6.92 Å². The number of amides is 1. The van der Waals surface area contributed by atoms with Crippen molar-refractivity contribution in [1.29, 1.82) is 0 Å². The van der Waals surface area contributed by atoms with Crippen molar-refractivity contribution in [2.75, 3.05) is 19.7 Å². The molecule has 1 fully saturated rings. The molecule has 198 valence electrons. The average Bonchev–Trinajstić information content (AvgIpc) is 3.15. The van der Waals surface area contributed by atoms with E-state index >= 15 is 0 Å². The van der Waals surface area contributed by atoms with Gasteiger partial charge in [0.15, 0.2) is 5.78 Å². The predicted octanol–water partition coefficient (Wildman–Crippen LogP) is 6.61. The smallest absolute Gasteiger partial charge is 0.370 e. The van der Waals surface area contributed by atoms with Crippen LogP contribution >= 0.6 is 23.2 Å². The summed E-state index contributed by atoms with van der Waals surface area (Å²) >= 11 is 13.2. The van der Waals surface area contributed by atoms with Crippen LogP contribution in [0.15, 0.2) is 30.3 Å². The van der Waals surface area contributed by atoms with Gasteiger partial charge in [0.05, 0.1) is 22.3 Å². The minimum Gasteiger partial charge on any atom is -0.370 e. The van der Waals surface area contributed by atoms with Gasteiger partial charge in [-0.25, -0.2) is 0 Å². The molecule has 1 saturated heterocycles. The first-order chi connectivity index (χ1) is 17.4. The van der Waals surface area contributed by atoms with Gasteiger partial charge in [0.2, 0.25) is 0 Å². The second-order valence-electron chi connectivity index (χ2n) is 9.49. The Labute approximate surface area is 223 Å². The summed E-state index contributed by atoms with van der Waals surface area (Å²) in [6.45, 7) is 4.13. The van der Waals surface area contributed by atoms with Crippen molar-refractivity contribution in [3.05, 3.63) is 68.3 Å². The third kappa shape index (κ3) is 5.81. The number of nitrogens with zero attached hydrogens (tertiary/aromatic N) is 2. The molecular formula is C27H27Cl2F3N2O3. The first-order valence-electron chi connectivity index (χ1n) is 11.9. The molecule has 5 nitrogen and oxygen atoms in total. The molecule has 0 N–H and O–H groups in total. The SMILES string of the molecule is CC(=O)COC1CCN(C(=O)c2ccc(Cl)c(Cc3cc4c(C)cc(C(F)(F)F)cc4n3C)c2Cl)CC1. The highest BCUT2D eigenvalue weighted by molar-refractivity contribution is 6.38. The fraction of sp³-hybridized carbons (Fsp3) is 0.407. The van der Waals surface area contributed by atoms with Gasteiger partial charge in [-0.05, 0) is 68.1 Å². The molecule has 4 rings (SSSR count). The average molecular weight is 555 g/mol. The minimum absolute atomic E-state index is 0.0407. The number of carbonyl (C=O) groups is 2. The molecule has 10 heteroatoms. The summed E-state index contributed by atoms with van der Waals surface area (Å²) in [7, 11) is 1.70. The number of alkyl halides is 3. The Balaban J connectivity index is 1.58. The number of aryl methyl sites for hydroxylation is 2. The lowest BCUT2D eigenvalue weighted by atomic mass is 10.0. The molecule has 0 atom stereocenters. The molecule has 1 aromatic heterocycles. The number of ketones is 1. The lowest BCUT2D eigenvalue weighted by Gasteiger charge is -2.32. The second kappa shape index (κ2) is 10.7. The number of Topliss-reactive ketones (excluding diaryl/α,β-unsaturated/α-hetero) is 1. The number of halogens is 5. The highest BCUT2D eigenvalue weighted by Gasteiger charge is 2.32. The summed E-state index contributed by atoms with van der Waals surface area (Å²) < 4.78 is 47.3. The molecule has 1 aliphatic heterocycles. The van der Waals surface area contributed by atoms with Crippen molar-refractivity contribution < 1.29 is 27.5 Å². The summed E-state index contributed by atoms with van der Waals surface area (Å²) in [5, 5.41) is 1.31. The third-order valence-corrected chi connectivity index (χ3v) is 7.61. The Morgan fingerprint density at radius 2 is 1.78 bits per heavy atom. The van der Waals surface area contributed by atoms with Crippen LogP contribution in [0.25, 0.3) is 10.9 Å². The summed E-state index contributed by atoms with van der Waals surface area (Å²) in [6, 6.07) is 7.32. The number of hydrogen-bond donors (Lipinski definition) is 0. The quantitative estimate of drug-likeness (QED) is 0.344. The van der Waals surface area contributed by atoms with Crippen molar-refractivity contribution >= 4 is 45.8 Å². The molecule has 2 heterocycles. The normalized spacial score (nSPS) is 15.0. The van der Waals surface area contributed by atoms with E-state index in [1.807, 2.05) is 6.07 Å². The number of ether oxygens (including phenoxy) is 1. The van der Waals surface area contributed by atoms with Gasteiger partial charge in [0.1, 0.15) is 6.61 Å². The van der Waals surface area contributed by atoms with Crippen molar-refractivity contribution in [1.82, 2.24) is 9.47 Å². The zero-order valence-electron chi connectivity index (χ0n) is 20.7. The third-order valence-electron chi connectivity index (χ3n) is 6.82. The van der Waals surface area contributed by atoms with E-state index in [0.29, 0.717) is 64.2 Å². The van der Waals surface area contributed by atoms with Gasteiger partial charge >= 0.3 is 6.18 Å². The van der Waals surface area contributed by atoms with E-state index in [9.17, 15) is 22.8 Å². The van der Waals surface area contributed by atoms with E-state index in [4.69, 9.17) is 27.9 Å². The summed E-state index contributed by atoms with van der Waals surface area (Å²) in [4.78, 5) is 26.1. The fourth-order valence-electron chi connectivity index (χ4n) is 4.73. The molecule has 0 aliphatic carbocycles. The molecule has 0 unspecified atom stereocenters. The highest BCUT2D eigenvalue weighted by atomic mass is 35.5. The van der Waals surface area contributed by atoms with Crippen molar-refractivity contribution in [2.45, 2.75) is 45.4 Å². The van der Waals surface area contributed by atoms with Crippen LogP contribution in [0.4, 0.5) is 13.2 Å². The standard InChI is InChI=1S/C27H27Cl2F3N2O3/c1-15-10-17(27(30,31)32)11-24-21(15)12-18(33(24)3)13-22-23(28)5-4-20(25(22)29)26(36)34-8-6-19(7-9-34)37-14-16(2)35/h4-5,10-12,19H,6-9,13-14H2,1-3H3. The number of benzene rings is 2. The van der Waals surface area contributed by atoms with Crippen LogP contribution in [-0.2, 0) is 29.2 Å². The maximum atomic E-state index is 13.4. The largest absolute Gasteiger partial charge is 0.416 e. The Kier molecular flexibility index (Phi) is 7.93. The molecule has 2 aromatic carbocycles. The van der Waals surface area contributed by atoms with Gasteiger partial charge in [-0.1, -0.05) is 23.2 Å². The zero-order chi connectivity index (χ0) is 27.1. The summed E-state index contributed by atoms with van der Waals surface area (Å²) in [6.07, 6.45) is -3.04. The first kappa shape index (κ1) is 27.5. The predicted molar refractivity (Wildman–Crippen MR) is 137 cm³/mol. The first-order valence-corrected chi connectivity index (χ1v) is 12.7. The molecule has 0 spiro atoms. The molecule has 1 aliphatic rings. The van der Waals surface area contributed by atoms with Crippen molar-refractivity contribution in [3.63, 3.8) is 0 Å². The van der Waals surface area contributed by atoms with Crippen LogP contribution in [-0.4, -0.2) is 47.0 Å². The van der Waals surface area contributed by atoms with Crippen LogP contribution in [0.2, 0.25) is 10.0 Å². The molecule has 3 aromatic rings. The number of rotatable bonds is 6. The van der Waals surface area contributed by atoms with Crippen LogP contribution < -0.4 is 0 Å². The molecule has 0 radical (unpaired) electrons. The van der Waals surface area contributed by atoms with E-state index in [1.54, 1.807) is 35.6 Å². The summed E-state index contributed by atoms with van der Waals surface area (Å²) in [5.74, 6) is -0.267. The van der Waals surface area contributed by atoms with E-state index in [2.05, 4.69) is 0 Å². The number of hydrogen-bond acceptors (Lipinski definition) is 3. The maximum Gasteiger partial charge on any atom is 0.416 e. The molecule has 1 amide bonds.